The van der Waals surface area contributed by atoms with E-state index >= 15 is 0 Å². The predicted molar refractivity (Wildman–Crippen MR) is 73.5 cm³/mol. The van der Waals surface area contributed by atoms with Crippen LogP contribution in [0, 0.1) is 12.8 Å². The van der Waals surface area contributed by atoms with Crippen LogP contribution in [-0.2, 0) is 11.2 Å². The van der Waals surface area contributed by atoms with Crippen LogP contribution in [0.3, 0.4) is 0 Å². The van der Waals surface area contributed by atoms with E-state index in [-0.39, 0.29) is 11.9 Å². The third-order valence-electron chi connectivity index (χ3n) is 3.85. The monoisotopic (exact) mass is 246 g/mol. The fourth-order valence-corrected chi connectivity index (χ4v) is 2.71. The summed E-state index contributed by atoms with van der Waals surface area (Å²) >= 11 is 0. The van der Waals surface area contributed by atoms with Crippen LogP contribution in [0.5, 0.6) is 0 Å². The van der Waals surface area contributed by atoms with Crippen LogP contribution < -0.4 is 10.6 Å². The van der Waals surface area contributed by atoms with Gasteiger partial charge in [-0.25, -0.2) is 0 Å². The van der Waals surface area contributed by atoms with Crippen molar-refractivity contribution in [2.75, 3.05) is 13.6 Å². The fraction of sp³-hybridized carbons (Fsp3) is 0.533. The molecule has 3 nitrogen and oxygen atoms in total. The van der Waals surface area contributed by atoms with Crippen molar-refractivity contribution in [2.24, 2.45) is 5.92 Å². The summed E-state index contributed by atoms with van der Waals surface area (Å²) in [7, 11) is 1.70. The SMILES string of the molecule is CNC(=O)C1CC(Cc2ccccc2C)CCN1. The Bertz CT molecular complexity index is 417. The van der Waals surface area contributed by atoms with Crippen LogP contribution in [0.4, 0.5) is 0 Å². The number of aryl methyl sites for hydroxylation is 1. The second-order valence-corrected chi connectivity index (χ2v) is 5.14. The largest absolute Gasteiger partial charge is 0.358 e. The van der Waals surface area contributed by atoms with Crippen LogP contribution in [0.25, 0.3) is 0 Å². The van der Waals surface area contributed by atoms with Gasteiger partial charge >= 0.3 is 0 Å². The molecule has 0 spiro atoms. The third-order valence-corrected chi connectivity index (χ3v) is 3.85. The number of benzene rings is 1. The molecule has 1 aromatic carbocycles. The molecule has 1 fully saturated rings. The zero-order chi connectivity index (χ0) is 13.0. The van der Waals surface area contributed by atoms with Gasteiger partial charge < -0.3 is 10.6 Å². The summed E-state index contributed by atoms with van der Waals surface area (Å²) in [5.41, 5.74) is 2.77. The first kappa shape index (κ1) is 13.1. The first-order valence-electron chi connectivity index (χ1n) is 6.70. The van der Waals surface area contributed by atoms with Gasteiger partial charge in [-0.05, 0) is 49.8 Å². The maximum Gasteiger partial charge on any atom is 0.236 e. The van der Waals surface area contributed by atoms with E-state index in [0.29, 0.717) is 5.92 Å². The molecule has 1 amide bonds. The quantitative estimate of drug-likeness (QED) is 0.851. The Kier molecular flexibility index (Phi) is 4.37. The van der Waals surface area contributed by atoms with E-state index in [2.05, 4.69) is 41.8 Å². The van der Waals surface area contributed by atoms with Crippen LogP contribution in [0.2, 0.25) is 0 Å². The van der Waals surface area contributed by atoms with Crippen molar-refractivity contribution < 1.29 is 4.79 Å². The highest BCUT2D eigenvalue weighted by molar-refractivity contribution is 5.81. The van der Waals surface area contributed by atoms with E-state index in [1.807, 2.05) is 0 Å². The lowest BCUT2D eigenvalue weighted by Crippen LogP contribution is -2.48. The van der Waals surface area contributed by atoms with Crippen LogP contribution in [-0.4, -0.2) is 25.5 Å². The molecule has 1 aliphatic rings. The van der Waals surface area contributed by atoms with Crippen molar-refractivity contribution in [3.63, 3.8) is 0 Å². The number of amides is 1. The predicted octanol–water partition coefficient (Wildman–Crippen LogP) is 1.65. The maximum absolute atomic E-state index is 11.7. The highest BCUT2D eigenvalue weighted by atomic mass is 16.2. The molecule has 2 unspecified atom stereocenters. The van der Waals surface area contributed by atoms with Crippen LogP contribution in [0.15, 0.2) is 24.3 Å². The molecule has 2 rings (SSSR count). The lowest BCUT2D eigenvalue weighted by molar-refractivity contribution is -0.123. The Labute approximate surface area is 109 Å². The van der Waals surface area contributed by atoms with E-state index in [1.165, 1.54) is 11.1 Å². The van der Waals surface area contributed by atoms with E-state index in [1.54, 1.807) is 7.05 Å². The van der Waals surface area contributed by atoms with Gasteiger partial charge in [-0.15, -0.1) is 0 Å². The molecule has 0 aliphatic carbocycles. The lowest BCUT2D eigenvalue weighted by atomic mass is 9.86. The summed E-state index contributed by atoms with van der Waals surface area (Å²) in [6, 6.07) is 8.52. The number of piperidine rings is 1. The van der Waals surface area contributed by atoms with Gasteiger partial charge in [-0.1, -0.05) is 24.3 Å². The normalized spacial score (nSPS) is 23.7. The Hall–Kier alpha value is -1.35. The topological polar surface area (TPSA) is 41.1 Å². The number of rotatable bonds is 3. The van der Waals surface area contributed by atoms with Crippen molar-refractivity contribution in [1.82, 2.24) is 10.6 Å². The zero-order valence-corrected chi connectivity index (χ0v) is 11.2. The molecule has 2 N–H and O–H groups in total. The van der Waals surface area contributed by atoms with Gasteiger partial charge in [0.1, 0.15) is 0 Å². The highest BCUT2D eigenvalue weighted by Gasteiger charge is 2.26. The maximum atomic E-state index is 11.7. The zero-order valence-electron chi connectivity index (χ0n) is 11.2. The number of hydrogen-bond donors (Lipinski definition) is 2. The van der Waals surface area contributed by atoms with Gasteiger partial charge in [0.05, 0.1) is 6.04 Å². The summed E-state index contributed by atoms with van der Waals surface area (Å²) in [6.07, 6.45) is 3.18. The van der Waals surface area contributed by atoms with Crippen LogP contribution in [0.1, 0.15) is 24.0 Å². The molecular weight excluding hydrogens is 224 g/mol. The van der Waals surface area contributed by atoms with Gasteiger partial charge in [0.25, 0.3) is 0 Å². The number of carbonyl (C=O) groups excluding carboxylic acids is 1. The molecule has 0 aromatic heterocycles. The Morgan fingerprint density at radius 1 is 1.44 bits per heavy atom. The minimum atomic E-state index is -0.0160. The van der Waals surface area contributed by atoms with Gasteiger partial charge in [0.15, 0.2) is 0 Å². The Morgan fingerprint density at radius 3 is 2.94 bits per heavy atom. The lowest BCUT2D eigenvalue weighted by Gasteiger charge is -2.29. The van der Waals surface area contributed by atoms with E-state index < -0.39 is 0 Å². The smallest absolute Gasteiger partial charge is 0.236 e. The van der Waals surface area contributed by atoms with Crippen molar-refractivity contribution in [3.05, 3.63) is 35.4 Å². The van der Waals surface area contributed by atoms with E-state index in [9.17, 15) is 4.79 Å². The molecular formula is C15H22N2O. The summed E-state index contributed by atoms with van der Waals surface area (Å²) < 4.78 is 0. The average Bonchev–Trinajstić information content (AvgIpc) is 2.41. The van der Waals surface area contributed by atoms with Gasteiger partial charge in [0.2, 0.25) is 5.91 Å². The molecule has 98 valence electrons. The second-order valence-electron chi connectivity index (χ2n) is 5.14. The molecule has 18 heavy (non-hydrogen) atoms. The van der Waals surface area contributed by atoms with Crippen molar-refractivity contribution >= 4 is 5.91 Å². The number of likely N-dealkylation sites (N-methyl/N-ethyl adjacent to an activating group) is 1. The number of hydrogen-bond acceptors (Lipinski definition) is 2. The minimum absolute atomic E-state index is 0.0160. The van der Waals surface area contributed by atoms with Crippen LogP contribution >= 0.6 is 0 Å². The molecule has 0 radical (unpaired) electrons. The molecule has 1 heterocycles. The van der Waals surface area contributed by atoms with Gasteiger partial charge in [-0.2, -0.15) is 0 Å². The molecule has 1 saturated heterocycles. The summed E-state index contributed by atoms with van der Waals surface area (Å²) in [5, 5.41) is 6.02. The molecule has 2 atom stereocenters. The van der Waals surface area contributed by atoms with E-state index in [0.717, 1.165) is 25.8 Å². The fourth-order valence-electron chi connectivity index (χ4n) is 2.71. The number of nitrogens with one attached hydrogen (secondary N) is 2. The first-order chi connectivity index (χ1) is 8.70. The highest BCUT2D eigenvalue weighted by Crippen LogP contribution is 2.22. The first-order valence-corrected chi connectivity index (χ1v) is 6.70. The van der Waals surface area contributed by atoms with Gasteiger partial charge in [0, 0.05) is 7.05 Å². The summed E-state index contributed by atoms with van der Waals surface area (Å²) in [5.74, 6) is 0.721. The molecule has 1 aromatic rings. The Morgan fingerprint density at radius 2 is 2.22 bits per heavy atom. The van der Waals surface area contributed by atoms with Gasteiger partial charge in [-0.3, -0.25) is 4.79 Å². The summed E-state index contributed by atoms with van der Waals surface area (Å²) in [6.45, 7) is 3.10. The third kappa shape index (κ3) is 3.10. The van der Waals surface area contributed by atoms with Crippen molar-refractivity contribution in [3.8, 4) is 0 Å². The Balaban J connectivity index is 1.98. The molecule has 0 saturated carbocycles. The minimum Gasteiger partial charge on any atom is -0.358 e. The molecule has 0 bridgehead atoms. The second kappa shape index (κ2) is 6.01. The standard InChI is InChI=1S/C15H22N2O/c1-11-5-3-4-6-13(11)9-12-7-8-17-14(10-12)15(18)16-2/h3-6,12,14,17H,7-10H2,1-2H3,(H,16,18). The van der Waals surface area contributed by atoms with E-state index in [4.69, 9.17) is 0 Å². The number of carbonyl (C=O) groups is 1. The summed E-state index contributed by atoms with van der Waals surface area (Å²) in [4.78, 5) is 11.7. The molecule has 1 aliphatic heterocycles. The van der Waals surface area contributed by atoms with Crippen molar-refractivity contribution in [1.29, 1.82) is 0 Å². The molecule has 3 heteroatoms. The van der Waals surface area contributed by atoms with Crippen molar-refractivity contribution in [2.45, 2.75) is 32.2 Å². The average molecular weight is 246 g/mol.